The first-order chi connectivity index (χ1) is 8.97. The van der Waals surface area contributed by atoms with Gasteiger partial charge in [0.15, 0.2) is 0 Å². The van der Waals surface area contributed by atoms with E-state index < -0.39 is 0 Å². The van der Waals surface area contributed by atoms with Crippen LogP contribution in [0, 0.1) is 6.92 Å². The first-order valence-corrected chi connectivity index (χ1v) is 6.35. The standard InChI is InChI=1S/C13H15ClN4O/c1-7(2)11-16-12(18-17-11)13(19)15-10-5-4-9(14)6-8(10)3/h4-7H,1-3H3,(H,15,19)(H,16,17,18). The van der Waals surface area contributed by atoms with Gasteiger partial charge in [0.25, 0.3) is 5.91 Å². The SMILES string of the molecule is Cc1cc(Cl)ccc1NC(=O)c1n[nH]c(C(C)C)n1. The molecule has 6 heteroatoms. The first kappa shape index (κ1) is 13.5. The van der Waals surface area contributed by atoms with E-state index >= 15 is 0 Å². The lowest BCUT2D eigenvalue weighted by Gasteiger charge is -2.06. The van der Waals surface area contributed by atoms with Crippen molar-refractivity contribution < 1.29 is 4.79 Å². The molecule has 1 amide bonds. The highest BCUT2D eigenvalue weighted by Gasteiger charge is 2.14. The van der Waals surface area contributed by atoms with Crippen molar-refractivity contribution in [1.82, 2.24) is 15.2 Å². The number of hydrogen-bond acceptors (Lipinski definition) is 3. The molecule has 0 fully saturated rings. The predicted octanol–water partition coefficient (Wildman–Crippen LogP) is 3.14. The second-order valence-electron chi connectivity index (χ2n) is 4.61. The Bertz CT molecular complexity index is 606. The number of aromatic amines is 1. The average molecular weight is 279 g/mol. The number of nitrogens with zero attached hydrogens (tertiary/aromatic N) is 2. The monoisotopic (exact) mass is 278 g/mol. The molecule has 0 saturated carbocycles. The van der Waals surface area contributed by atoms with E-state index in [9.17, 15) is 4.79 Å². The molecule has 0 bridgehead atoms. The van der Waals surface area contributed by atoms with Crippen molar-refractivity contribution in [2.45, 2.75) is 26.7 Å². The van der Waals surface area contributed by atoms with Gasteiger partial charge in [-0.15, -0.1) is 5.10 Å². The lowest BCUT2D eigenvalue weighted by Crippen LogP contribution is -2.14. The molecule has 2 N–H and O–H groups in total. The van der Waals surface area contributed by atoms with E-state index in [2.05, 4.69) is 20.5 Å². The number of benzene rings is 1. The van der Waals surface area contributed by atoms with E-state index in [1.165, 1.54) is 0 Å². The highest BCUT2D eigenvalue weighted by Crippen LogP contribution is 2.20. The van der Waals surface area contributed by atoms with Crippen LogP contribution in [0.4, 0.5) is 5.69 Å². The number of rotatable bonds is 3. The second kappa shape index (κ2) is 5.40. The normalized spacial score (nSPS) is 10.8. The molecule has 0 atom stereocenters. The molecule has 0 aliphatic carbocycles. The molecular weight excluding hydrogens is 264 g/mol. The van der Waals surface area contributed by atoms with Crippen LogP contribution in [-0.4, -0.2) is 21.1 Å². The molecule has 2 aromatic rings. The Kier molecular flexibility index (Phi) is 3.85. The largest absolute Gasteiger partial charge is 0.319 e. The Morgan fingerprint density at radius 3 is 2.74 bits per heavy atom. The zero-order valence-electron chi connectivity index (χ0n) is 11.0. The lowest BCUT2D eigenvalue weighted by atomic mass is 10.2. The fourth-order valence-corrected chi connectivity index (χ4v) is 1.81. The maximum Gasteiger partial charge on any atom is 0.295 e. The maximum absolute atomic E-state index is 12.0. The highest BCUT2D eigenvalue weighted by atomic mass is 35.5. The summed E-state index contributed by atoms with van der Waals surface area (Å²) < 4.78 is 0. The summed E-state index contributed by atoms with van der Waals surface area (Å²) in [5.74, 6) is 0.691. The van der Waals surface area contributed by atoms with Gasteiger partial charge >= 0.3 is 0 Å². The van der Waals surface area contributed by atoms with Gasteiger partial charge in [-0.2, -0.15) is 0 Å². The molecule has 19 heavy (non-hydrogen) atoms. The quantitative estimate of drug-likeness (QED) is 0.906. The third-order valence-corrected chi connectivity index (χ3v) is 2.92. The number of aryl methyl sites for hydroxylation is 1. The summed E-state index contributed by atoms with van der Waals surface area (Å²) in [5.41, 5.74) is 1.59. The van der Waals surface area contributed by atoms with Gasteiger partial charge < -0.3 is 5.32 Å². The zero-order chi connectivity index (χ0) is 14.0. The summed E-state index contributed by atoms with van der Waals surface area (Å²) in [5, 5.41) is 10.1. The zero-order valence-corrected chi connectivity index (χ0v) is 11.7. The third-order valence-electron chi connectivity index (χ3n) is 2.69. The van der Waals surface area contributed by atoms with Gasteiger partial charge in [-0.1, -0.05) is 25.4 Å². The van der Waals surface area contributed by atoms with Gasteiger partial charge in [-0.05, 0) is 30.7 Å². The fourth-order valence-electron chi connectivity index (χ4n) is 1.58. The van der Waals surface area contributed by atoms with Crippen molar-refractivity contribution in [2.75, 3.05) is 5.32 Å². The van der Waals surface area contributed by atoms with Crippen LogP contribution in [0.15, 0.2) is 18.2 Å². The number of nitrogens with one attached hydrogen (secondary N) is 2. The van der Waals surface area contributed by atoms with Crippen LogP contribution >= 0.6 is 11.6 Å². The number of carbonyl (C=O) groups excluding carboxylic acids is 1. The molecule has 0 aliphatic rings. The molecule has 1 aromatic carbocycles. The number of halogens is 1. The van der Waals surface area contributed by atoms with Gasteiger partial charge in [0.05, 0.1) is 0 Å². The van der Waals surface area contributed by atoms with Crippen molar-refractivity contribution in [1.29, 1.82) is 0 Å². The van der Waals surface area contributed by atoms with Gasteiger partial charge in [0, 0.05) is 16.6 Å². The number of carbonyl (C=O) groups is 1. The molecule has 100 valence electrons. The van der Waals surface area contributed by atoms with E-state index in [0.717, 1.165) is 5.56 Å². The molecule has 1 heterocycles. The maximum atomic E-state index is 12.0. The summed E-state index contributed by atoms with van der Waals surface area (Å²) in [7, 11) is 0. The van der Waals surface area contributed by atoms with Crippen molar-refractivity contribution in [3.63, 3.8) is 0 Å². The molecule has 0 saturated heterocycles. The van der Waals surface area contributed by atoms with Crippen molar-refractivity contribution in [3.8, 4) is 0 Å². The summed E-state index contributed by atoms with van der Waals surface area (Å²) in [4.78, 5) is 16.1. The van der Waals surface area contributed by atoms with E-state index in [1.54, 1.807) is 18.2 Å². The summed E-state index contributed by atoms with van der Waals surface area (Å²) in [6, 6.07) is 5.27. The van der Waals surface area contributed by atoms with E-state index in [0.29, 0.717) is 16.5 Å². The first-order valence-electron chi connectivity index (χ1n) is 5.97. The Morgan fingerprint density at radius 1 is 1.42 bits per heavy atom. The molecule has 0 aliphatic heterocycles. The average Bonchev–Trinajstić information content (AvgIpc) is 2.82. The van der Waals surface area contributed by atoms with Crippen molar-refractivity contribution in [2.24, 2.45) is 0 Å². The second-order valence-corrected chi connectivity index (χ2v) is 5.05. The van der Waals surface area contributed by atoms with Crippen molar-refractivity contribution >= 4 is 23.2 Å². The minimum absolute atomic E-state index is 0.137. The molecule has 0 spiro atoms. The fraction of sp³-hybridized carbons (Fsp3) is 0.308. The van der Waals surface area contributed by atoms with E-state index in [4.69, 9.17) is 11.6 Å². The van der Waals surface area contributed by atoms with E-state index in [-0.39, 0.29) is 17.6 Å². The minimum Gasteiger partial charge on any atom is -0.319 e. The molecule has 0 radical (unpaired) electrons. The summed E-state index contributed by atoms with van der Waals surface area (Å²) in [6.07, 6.45) is 0. The van der Waals surface area contributed by atoms with Gasteiger partial charge in [-0.3, -0.25) is 9.89 Å². The molecular formula is C13H15ClN4O. The topological polar surface area (TPSA) is 70.7 Å². The van der Waals surface area contributed by atoms with Gasteiger partial charge in [0.1, 0.15) is 5.82 Å². The Balaban J connectivity index is 2.16. The Morgan fingerprint density at radius 2 is 2.16 bits per heavy atom. The smallest absolute Gasteiger partial charge is 0.295 e. The number of amides is 1. The van der Waals surface area contributed by atoms with Crippen molar-refractivity contribution in [3.05, 3.63) is 40.4 Å². The third kappa shape index (κ3) is 3.12. The minimum atomic E-state index is -0.339. The highest BCUT2D eigenvalue weighted by molar-refractivity contribution is 6.30. The summed E-state index contributed by atoms with van der Waals surface area (Å²) in [6.45, 7) is 5.83. The number of anilines is 1. The van der Waals surface area contributed by atoms with Crippen LogP contribution in [0.2, 0.25) is 5.02 Å². The molecule has 0 unspecified atom stereocenters. The van der Waals surface area contributed by atoms with Crippen LogP contribution in [0.3, 0.4) is 0 Å². The number of H-pyrrole nitrogens is 1. The van der Waals surface area contributed by atoms with Gasteiger partial charge in [0.2, 0.25) is 5.82 Å². The predicted molar refractivity (Wildman–Crippen MR) is 74.6 cm³/mol. The number of hydrogen-bond donors (Lipinski definition) is 2. The molecule has 5 nitrogen and oxygen atoms in total. The van der Waals surface area contributed by atoms with Gasteiger partial charge in [-0.25, -0.2) is 4.98 Å². The van der Waals surface area contributed by atoms with Crippen LogP contribution in [0.25, 0.3) is 0 Å². The Hall–Kier alpha value is -1.88. The molecule has 2 rings (SSSR count). The van der Waals surface area contributed by atoms with Crippen LogP contribution in [-0.2, 0) is 0 Å². The van der Waals surface area contributed by atoms with Crippen LogP contribution < -0.4 is 5.32 Å². The Labute approximate surface area is 116 Å². The molecule has 1 aromatic heterocycles. The number of aromatic nitrogens is 3. The summed E-state index contributed by atoms with van der Waals surface area (Å²) >= 11 is 5.87. The van der Waals surface area contributed by atoms with Crippen LogP contribution in [0.1, 0.15) is 41.8 Å². The van der Waals surface area contributed by atoms with Crippen LogP contribution in [0.5, 0.6) is 0 Å². The lowest BCUT2D eigenvalue weighted by molar-refractivity contribution is 0.101. The van der Waals surface area contributed by atoms with E-state index in [1.807, 2.05) is 20.8 Å².